The van der Waals surface area contributed by atoms with Crippen LogP contribution in [0.25, 0.3) is 0 Å². The second kappa shape index (κ2) is 5.26. The molecule has 2 saturated heterocycles. The summed E-state index contributed by atoms with van der Waals surface area (Å²) in [5.74, 6) is 0. The van der Waals surface area contributed by atoms with Crippen molar-refractivity contribution in [2.24, 2.45) is 0 Å². The molecule has 0 saturated carbocycles. The molecule has 0 bridgehead atoms. The quantitative estimate of drug-likeness (QED) is 0.780. The molecule has 2 rings (SSSR count). The van der Waals surface area contributed by atoms with Crippen molar-refractivity contribution >= 4 is 0 Å². The zero-order chi connectivity index (χ0) is 10.6. The van der Waals surface area contributed by atoms with Crippen LogP contribution in [0.2, 0.25) is 0 Å². The molecule has 3 heteroatoms. The van der Waals surface area contributed by atoms with Crippen LogP contribution in [0, 0.1) is 0 Å². The molecular formula is C12H22FNO. The van der Waals surface area contributed by atoms with E-state index in [1.165, 1.54) is 0 Å². The zero-order valence-electron chi connectivity index (χ0n) is 9.43. The van der Waals surface area contributed by atoms with E-state index >= 15 is 0 Å². The minimum absolute atomic E-state index is 0.342. The summed E-state index contributed by atoms with van der Waals surface area (Å²) in [5, 5.41) is 3.26. The first kappa shape index (κ1) is 11.3. The molecule has 0 aromatic heterocycles. The van der Waals surface area contributed by atoms with Gasteiger partial charge in [-0.25, -0.2) is 4.39 Å². The van der Waals surface area contributed by atoms with Crippen LogP contribution >= 0.6 is 0 Å². The van der Waals surface area contributed by atoms with Gasteiger partial charge in [0.1, 0.15) is 5.67 Å². The minimum atomic E-state index is -0.921. The van der Waals surface area contributed by atoms with Crippen LogP contribution in [0.1, 0.15) is 44.9 Å². The number of hydrogen-bond donors (Lipinski definition) is 1. The Bertz CT molecular complexity index is 184. The second-order valence-electron chi connectivity index (χ2n) is 4.93. The summed E-state index contributed by atoms with van der Waals surface area (Å²) in [5.41, 5.74) is -0.921. The number of hydrogen-bond acceptors (Lipinski definition) is 2. The first-order chi connectivity index (χ1) is 7.29. The standard InChI is InChI=1S/C12H22FNO/c13-12(5-2-8-14-9-7-12)6-4-11-3-1-10-15-11/h11,14H,1-10H2. The lowest BCUT2D eigenvalue weighted by atomic mass is 9.90. The van der Waals surface area contributed by atoms with E-state index in [-0.39, 0.29) is 0 Å². The molecule has 2 atom stereocenters. The van der Waals surface area contributed by atoms with E-state index < -0.39 is 5.67 Å². The second-order valence-corrected chi connectivity index (χ2v) is 4.93. The highest BCUT2D eigenvalue weighted by Gasteiger charge is 2.31. The lowest BCUT2D eigenvalue weighted by Crippen LogP contribution is -2.26. The highest BCUT2D eigenvalue weighted by atomic mass is 19.1. The molecule has 2 fully saturated rings. The smallest absolute Gasteiger partial charge is 0.112 e. The largest absolute Gasteiger partial charge is 0.378 e. The van der Waals surface area contributed by atoms with Gasteiger partial charge in [0.2, 0.25) is 0 Å². The molecule has 0 aromatic carbocycles. The van der Waals surface area contributed by atoms with Crippen molar-refractivity contribution < 1.29 is 9.13 Å². The summed E-state index contributed by atoms with van der Waals surface area (Å²) in [6.07, 6.45) is 6.62. The van der Waals surface area contributed by atoms with Crippen LogP contribution in [-0.4, -0.2) is 31.5 Å². The first-order valence-electron chi connectivity index (χ1n) is 6.30. The Labute approximate surface area is 91.6 Å². The maximum absolute atomic E-state index is 14.4. The van der Waals surface area contributed by atoms with Crippen molar-refractivity contribution in [1.82, 2.24) is 5.32 Å². The van der Waals surface area contributed by atoms with Gasteiger partial charge in [-0.1, -0.05) is 0 Å². The Morgan fingerprint density at radius 3 is 3.00 bits per heavy atom. The number of nitrogens with one attached hydrogen (secondary N) is 1. The van der Waals surface area contributed by atoms with E-state index in [4.69, 9.17) is 4.74 Å². The molecule has 0 spiro atoms. The molecule has 0 radical (unpaired) electrons. The lowest BCUT2D eigenvalue weighted by Gasteiger charge is -2.24. The topological polar surface area (TPSA) is 21.3 Å². The van der Waals surface area contributed by atoms with E-state index in [0.29, 0.717) is 18.9 Å². The van der Waals surface area contributed by atoms with E-state index in [9.17, 15) is 4.39 Å². The Kier molecular flexibility index (Phi) is 3.98. The highest BCUT2D eigenvalue weighted by Crippen LogP contribution is 2.31. The lowest BCUT2D eigenvalue weighted by molar-refractivity contribution is 0.0669. The Balaban J connectivity index is 1.75. The van der Waals surface area contributed by atoms with Crippen LogP contribution in [0.4, 0.5) is 4.39 Å². The Morgan fingerprint density at radius 1 is 1.27 bits per heavy atom. The predicted molar refractivity (Wildman–Crippen MR) is 58.8 cm³/mol. The van der Waals surface area contributed by atoms with Gasteiger partial charge in [-0.2, -0.15) is 0 Å². The monoisotopic (exact) mass is 215 g/mol. The fraction of sp³-hybridized carbons (Fsp3) is 1.00. The Morgan fingerprint density at radius 2 is 2.20 bits per heavy atom. The van der Waals surface area contributed by atoms with Gasteiger partial charge in [0, 0.05) is 6.61 Å². The molecule has 2 aliphatic rings. The normalized spacial score (nSPS) is 37.8. The number of halogens is 1. The molecule has 0 aromatic rings. The van der Waals surface area contributed by atoms with Gasteiger partial charge in [-0.3, -0.25) is 0 Å². The highest BCUT2D eigenvalue weighted by molar-refractivity contribution is 4.84. The zero-order valence-corrected chi connectivity index (χ0v) is 9.43. The summed E-state index contributed by atoms with van der Waals surface area (Å²) in [4.78, 5) is 0. The van der Waals surface area contributed by atoms with Crippen LogP contribution < -0.4 is 5.32 Å². The number of alkyl halides is 1. The molecular weight excluding hydrogens is 193 g/mol. The summed E-state index contributed by atoms with van der Waals surface area (Å²) in [6, 6.07) is 0. The molecule has 2 unspecified atom stereocenters. The van der Waals surface area contributed by atoms with E-state index in [0.717, 1.165) is 51.8 Å². The maximum atomic E-state index is 14.4. The van der Waals surface area contributed by atoms with Crippen LogP contribution in [0.3, 0.4) is 0 Å². The summed E-state index contributed by atoms with van der Waals surface area (Å²) in [6.45, 7) is 2.69. The van der Waals surface area contributed by atoms with E-state index in [2.05, 4.69) is 5.32 Å². The summed E-state index contributed by atoms with van der Waals surface area (Å²) < 4.78 is 19.9. The molecule has 0 amide bonds. The first-order valence-corrected chi connectivity index (χ1v) is 6.30. The Hall–Kier alpha value is -0.150. The summed E-state index contributed by atoms with van der Waals surface area (Å²) >= 11 is 0. The minimum Gasteiger partial charge on any atom is -0.378 e. The fourth-order valence-corrected chi connectivity index (χ4v) is 2.63. The van der Waals surface area contributed by atoms with Gasteiger partial charge in [0.15, 0.2) is 0 Å². The predicted octanol–water partition coefficient (Wildman–Crippen LogP) is 2.43. The van der Waals surface area contributed by atoms with Gasteiger partial charge >= 0.3 is 0 Å². The van der Waals surface area contributed by atoms with Crippen LogP contribution in [-0.2, 0) is 4.74 Å². The molecule has 88 valence electrons. The van der Waals surface area contributed by atoms with Crippen molar-refractivity contribution in [3.05, 3.63) is 0 Å². The van der Waals surface area contributed by atoms with Crippen molar-refractivity contribution in [3.8, 4) is 0 Å². The molecule has 2 aliphatic heterocycles. The third-order valence-corrected chi connectivity index (χ3v) is 3.67. The van der Waals surface area contributed by atoms with Gasteiger partial charge in [-0.05, 0) is 58.0 Å². The molecule has 1 N–H and O–H groups in total. The maximum Gasteiger partial charge on any atom is 0.112 e. The van der Waals surface area contributed by atoms with Crippen molar-refractivity contribution in [2.45, 2.75) is 56.7 Å². The molecule has 2 heterocycles. The van der Waals surface area contributed by atoms with Crippen LogP contribution in [0.15, 0.2) is 0 Å². The molecule has 0 aliphatic carbocycles. The van der Waals surface area contributed by atoms with Gasteiger partial charge in [-0.15, -0.1) is 0 Å². The van der Waals surface area contributed by atoms with Gasteiger partial charge in [0.05, 0.1) is 6.10 Å². The number of ether oxygens (including phenoxy) is 1. The van der Waals surface area contributed by atoms with E-state index in [1.807, 2.05) is 0 Å². The van der Waals surface area contributed by atoms with Gasteiger partial charge < -0.3 is 10.1 Å². The average Bonchev–Trinajstić information content (AvgIpc) is 2.65. The van der Waals surface area contributed by atoms with E-state index in [1.54, 1.807) is 0 Å². The third-order valence-electron chi connectivity index (χ3n) is 3.67. The third kappa shape index (κ3) is 3.42. The molecule has 2 nitrogen and oxygen atoms in total. The number of rotatable bonds is 3. The summed E-state index contributed by atoms with van der Waals surface area (Å²) in [7, 11) is 0. The van der Waals surface area contributed by atoms with Crippen molar-refractivity contribution in [1.29, 1.82) is 0 Å². The van der Waals surface area contributed by atoms with Crippen molar-refractivity contribution in [3.63, 3.8) is 0 Å². The van der Waals surface area contributed by atoms with Crippen molar-refractivity contribution in [2.75, 3.05) is 19.7 Å². The fourth-order valence-electron chi connectivity index (χ4n) is 2.63. The molecule has 15 heavy (non-hydrogen) atoms. The SMILES string of the molecule is FC1(CCC2CCCO2)CCCNCC1. The van der Waals surface area contributed by atoms with Gasteiger partial charge in [0.25, 0.3) is 0 Å². The average molecular weight is 215 g/mol. The van der Waals surface area contributed by atoms with Crippen LogP contribution in [0.5, 0.6) is 0 Å².